The van der Waals surface area contributed by atoms with Crippen molar-refractivity contribution in [2.24, 2.45) is 5.41 Å². The summed E-state index contributed by atoms with van der Waals surface area (Å²) in [5, 5.41) is 11.0. The largest absolute Gasteiger partial charge is 0.463 e. The first-order valence-electron chi connectivity index (χ1n) is 7.14. The van der Waals surface area contributed by atoms with Crippen LogP contribution in [0, 0.1) is 10.8 Å². The number of benzene rings is 1. The van der Waals surface area contributed by atoms with Crippen LogP contribution < -0.4 is 5.32 Å². The van der Waals surface area contributed by atoms with E-state index in [0.29, 0.717) is 19.1 Å². The number of rotatable bonds is 3. The van der Waals surface area contributed by atoms with Gasteiger partial charge >= 0.3 is 0 Å². The van der Waals surface area contributed by atoms with Crippen molar-refractivity contribution in [2.75, 3.05) is 19.8 Å². The molecule has 0 radical (unpaired) electrons. The molecule has 2 aliphatic heterocycles. The lowest BCUT2D eigenvalue weighted by atomic mass is 9.73. The second kappa shape index (κ2) is 7.33. The number of carbonyl (C=O) groups excluding carboxylic acids is 1. The van der Waals surface area contributed by atoms with Crippen LogP contribution in [0.2, 0.25) is 0 Å². The molecule has 21 heavy (non-hydrogen) atoms. The Kier molecular flexibility index (Phi) is 5.47. The molecule has 2 saturated heterocycles. The number of piperidine rings is 1. The van der Waals surface area contributed by atoms with Crippen molar-refractivity contribution < 1.29 is 14.3 Å². The van der Waals surface area contributed by atoms with Gasteiger partial charge in [0.25, 0.3) is 6.47 Å². The Balaban J connectivity index is 0.000000155. The van der Waals surface area contributed by atoms with Crippen LogP contribution in [0.25, 0.3) is 0 Å². The zero-order chi connectivity index (χ0) is 15.1. The lowest BCUT2D eigenvalue weighted by Crippen LogP contribution is -2.59. The second-order valence-electron chi connectivity index (χ2n) is 5.63. The highest BCUT2D eigenvalue weighted by atomic mass is 16.5. The molecule has 0 aliphatic carbocycles. The van der Waals surface area contributed by atoms with Crippen LogP contribution in [0.3, 0.4) is 0 Å². The molecule has 1 aromatic rings. The molecular weight excluding hydrogens is 268 g/mol. The summed E-state index contributed by atoms with van der Waals surface area (Å²) in [5.41, 5.74) is 1.97. The van der Waals surface area contributed by atoms with E-state index in [9.17, 15) is 4.79 Å². The van der Waals surface area contributed by atoms with Crippen LogP contribution in [0.1, 0.15) is 18.9 Å². The number of hydrogen-bond donors (Lipinski definition) is 2. The van der Waals surface area contributed by atoms with Gasteiger partial charge in [-0.25, -0.2) is 0 Å². The fraction of sp³-hybridized carbons (Fsp3) is 0.500. The Morgan fingerprint density at radius 1 is 1.43 bits per heavy atom. The minimum atomic E-state index is 0.130. The molecule has 1 spiro atoms. The van der Waals surface area contributed by atoms with Crippen LogP contribution in [0.15, 0.2) is 30.3 Å². The maximum atomic E-state index is 9.76. The molecule has 114 valence electrons. The first-order valence-corrected chi connectivity index (χ1v) is 7.14. The number of carbonyl (C=O) groups is 1. The van der Waals surface area contributed by atoms with Gasteiger partial charge in [0.1, 0.15) is 6.61 Å². The molecule has 0 saturated carbocycles. The van der Waals surface area contributed by atoms with Crippen molar-refractivity contribution in [2.45, 2.75) is 26.0 Å². The summed E-state index contributed by atoms with van der Waals surface area (Å²) >= 11 is 0. The fourth-order valence-corrected chi connectivity index (χ4v) is 2.59. The van der Waals surface area contributed by atoms with E-state index in [1.807, 2.05) is 30.3 Å². The van der Waals surface area contributed by atoms with E-state index in [-0.39, 0.29) is 5.41 Å². The molecule has 2 fully saturated rings. The molecule has 5 nitrogen and oxygen atoms in total. The van der Waals surface area contributed by atoms with Crippen molar-refractivity contribution in [1.82, 2.24) is 5.32 Å². The molecular formula is C16H22N2O3. The third kappa shape index (κ3) is 4.12. The Hall–Kier alpha value is -1.72. The summed E-state index contributed by atoms with van der Waals surface area (Å²) in [6, 6.07) is 10.1. The highest BCUT2D eigenvalue weighted by Gasteiger charge is 2.45. The third-order valence-electron chi connectivity index (χ3n) is 3.88. The molecule has 2 N–H and O–H groups in total. The van der Waals surface area contributed by atoms with Gasteiger partial charge in [-0.1, -0.05) is 30.3 Å². The van der Waals surface area contributed by atoms with E-state index in [1.54, 1.807) is 0 Å². The highest BCUT2D eigenvalue weighted by Crippen LogP contribution is 2.35. The molecule has 2 heterocycles. The monoisotopic (exact) mass is 290 g/mol. The van der Waals surface area contributed by atoms with Crippen LogP contribution in [-0.2, 0) is 20.9 Å². The van der Waals surface area contributed by atoms with Gasteiger partial charge in [-0.15, -0.1) is 0 Å². The summed E-state index contributed by atoms with van der Waals surface area (Å²) in [6.07, 6.45) is 1.08. The Morgan fingerprint density at radius 2 is 2.14 bits per heavy atom. The predicted octanol–water partition coefficient (Wildman–Crippen LogP) is 1.76. The van der Waals surface area contributed by atoms with E-state index in [0.717, 1.165) is 37.5 Å². The molecule has 1 aromatic carbocycles. The summed E-state index contributed by atoms with van der Waals surface area (Å²) in [4.78, 5) is 9.76. The topological polar surface area (TPSA) is 71.4 Å². The van der Waals surface area contributed by atoms with E-state index in [1.165, 1.54) is 0 Å². The molecule has 3 rings (SSSR count). The van der Waals surface area contributed by atoms with Gasteiger partial charge in [0.05, 0.1) is 18.6 Å². The first-order chi connectivity index (χ1) is 10.2. The van der Waals surface area contributed by atoms with E-state index >= 15 is 0 Å². The molecule has 0 bridgehead atoms. The fourth-order valence-electron chi connectivity index (χ4n) is 2.59. The summed E-state index contributed by atoms with van der Waals surface area (Å²) in [6.45, 7) is 5.30. The lowest BCUT2D eigenvalue weighted by Gasteiger charge is -2.46. The van der Waals surface area contributed by atoms with E-state index in [2.05, 4.69) is 17.0 Å². The van der Waals surface area contributed by atoms with E-state index < -0.39 is 0 Å². The molecule has 1 atom stereocenters. The van der Waals surface area contributed by atoms with Gasteiger partial charge in [-0.2, -0.15) is 0 Å². The SMILES string of the molecule is C[C@@H]1CC2(COC2)C(=N)CN1.O=COCc1ccccc1. The minimum absolute atomic E-state index is 0.130. The number of ether oxygens (including phenoxy) is 2. The van der Waals surface area contributed by atoms with Crippen molar-refractivity contribution in [3.05, 3.63) is 35.9 Å². The number of nitrogens with one attached hydrogen (secondary N) is 2. The first kappa shape index (κ1) is 15.7. The van der Waals surface area contributed by atoms with Crippen LogP contribution in [0.5, 0.6) is 0 Å². The zero-order valence-corrected chi connectivity index (χ0v) is 12.3. The molecule has 5 heteroatoms. The van der Waals surface area contributed by atoms with Gasteiger partial charge in [0, 0.05) is 18.3 Å². The minimum Gasteiger partial charge on any atom is -0.463 e. The maximum Gasteiger partial charge on any atom is 0.293 e. The molecule has 0 aromatic heterocycles. The van der Waals surface area contributed by atoms with Gasteiger partial charge in [-0.3, -0.25) is 4.79 Å². The molecule has 2 aliphatic rings. The van der Waals surface area contributed by atoms with Crippen LogP contribution in [-0.4, -0.2) is 38.0 Å². The van der Waals surface area contributed by atoms with Crippen molar-refractivity contribution >= 4 is 12.2 Å². The van der Waals surface area contributed by atoms with Crippen LogP contribution >= 0.6 is 0 Å². The van der Waals surface area contributed by atoms with Crippen LogP contribution in [0.4, 0.5) is 0 Å². The van der Waals surface area contributed by atoms with Crippen molar-refractivity contribution in [3.63, 3.8) is 0 Å². The molecule has 0 amide bonds. The predicted molar refractivity (Wildman–Crippen MR) is 80.4 cm³/mol. The average Bonchev–Trinajstić information content (AvgIpc) is 2.48. The van der Waals surface area contributed by atoms with Crippen molar-refractivity contribution in [1.29, 1.82) is 5.41 Å². The summed E-state index contributed by atoms with van der Waals surface area (Å²) in [5.74, 6) is 0. The van der Waals surface area contributed by atoms with Crippen molar-refractivity contribution in [3.8, 4) is 0 Å². The standard InChI is InChI=1S/C8H14N2O.C8H8O2/c1-6-2-8(4-11-5-8)7(9)3-10-6;9-7-10-6-8-4-2-1-3-5-8/h6,9-10H,2-5H2,1H3;1-5,7H,6H2/t6-;/m1./s1. The Labute approximate surface area is 125 Å². The lowest BCUT2D eigenvalue weighted by molar-refractivity contribution is -0.129. The smallest absolute Gasteiger partial charge is 0.293 e. The van der Waals surface area contributed by atoms with Gasteiger partial charge in [-0.05, 0) is 18.9 Å². The normalized spacial score (nSPS) is 22.7. The van der Waals surface area contributed by atoms with Gasteiger partial charge in [0.2, 0.25) is 0 Å². The highest BCUT2D eigenvalue weighted by molar-refractivity contribution is 5.91. The number of hydrogen-bond acceptors (Lipinski definition) is 5. The Bertz CT molecular complexity index is 472. The van der Waals surface area contributed by atoms with Gasteiger partial charge in [0.15, 0.2) is 0 Å². The second-order valence-corrected chi connectivity index (χ2v) is 5.63. The van der Waals surface area contributed by atoms with Gasteiger partial charge < -0.3 is 20.2 Å². The van der Waals surface area contributed by atoms with E-state index in [4.69, 9.17) is 10.1 Å². The third-order valence-corrected chi connectivity index (χ3v) is 3.88. The quantitative estimate of drug-likeness (QED) is 0.832. The average molecular weight is 290 g/mol. The Morgan fingerprint density at radius 3 is 2.67 bits per heavy atom. The summed E-state index contributed by atoms with van der Waals surface area (Å²) in [7, 11) is 0. The molecule has 0 unspecified atom stereocenters. The zero-order valence-electron chi connectivity index (χ0n) is 12.3. The maximum absolute atomic E-state index is 9.76. The summed E-state index contributed by atoms with van der Waals surface area (Å²) < 4.78 is 9.70.